The summed E-state index contributed by atoms with van der Waals surface area (Å²) in [5.74, 6) is 0.728. The van der Waals surface area contributed by atoms with E-state index in [-0.39, 0.29) is 11.9 Å². The third-order valence-electron chi connectivity index (χ3n) is 3.86. The zero-order valence-electron chi connectivity index (χ0n) is 11.6. The van der Waals surface area contributed by atoms with Crippen LogP contribution in [0.5, 0.6) is 0 Å². The molecule has 1 atom stereocenters. The molecule has 2 heterocycles. The first-order valence-electron chi connectivity index (χ1n) is 7.00. The van der Waals surface area contributed by atoms with Gasteiger partial charge in [-0.05, 0) is 42.3 Å². The average molecular weight is 274 g/mol. The Bertz CT molecular complexity index is 562. The van der Waals surface area contributed by atoms with E-state index in [4.69, 9.17) is 4.42 Å². The fraction of sp³-hybridized carbons (Fsp3) is 0.375. The molecule has 2 aromatic rings. The van der Waals surface area contributed by atoms with Crippen LogP contribution in [0.4, 0.5) is 4.39 Å². The third-order valence-corrected chi connectivity index (χ3v) is 3.86. The fourth-order valence-corrected chi connectivity index (χ4v) is 2.86. The molecule has 0 unspecified atom stereocenters. The van der Waals surface area contributed by atoms with Crippen molar-refractivity contribution in [2.45, 2.75) is 13.0 Å². The van der Waals surface area contributed by atoms with E-state index in [9.17, 15) is 4.39 Å². The molecule has 0 aliphatic carbocycles. The molecule has 1 saturated heterocycles. The number of halogens is 1. The standard InChI is InChI=1S/C16H19FN2O/c1-12-11-13(17)4-5-14(12)16(15-3-2-10-20-15)19-8-6-18-7-9-19/h2-5,10-11,16,18H,6-9H2,1H3/t16-/m1/s1. The first-order valence-corrected chi connectivity index (χ1v) is 7.00. The molecule has 1 aliphatic rings. The topological polar surface area (TPSA) is 28.4 Å². The second-order valence-corrected chi connectivity index (χ2v) is 5.20. The third kappa shape index (κ3) is 2.62. The molecular formula is C16H19FN2O. The van der Waals surface area contributed by atoms with Crippen LogP contribution in [-0.2, 0) is 0 Å². The van der Waals surface area contributed by atoms with Gasteiger partial charge < -0.3 is 9.73 Å². The van der Waals surface area contributed by atoms with Crippen LogP contribution >= 0.6 is 0 Å². The summed E-state index contributed by atoms with van der Waals surface area (Å²) in [6.45, 7) is 5.82. The summed E-state index contributed by atoms with van der Waals surface area (Å²) in [7, 11) is 0. The number of aryl methyl sites for hydroxylation is 1. The van der Waals surface area contributed by atoms with Gasteiger partial charge >= 0.3 is 0 Å². The molecule has 20 heavy (non-hydrogen) atoms. The first-order chi connectivity index (χ1) is 9.75. The molecule has 1 N–H and O–H groups in total. The summed E-state index contributed by atoms with van der Waals surface area (Å²) in [4.78, 5) is 2.38. The Labute approximate surface area is 118 Å². The lowest BCUT2D eigenvalue weighted by Crippen LogP contribution is -2.45. The summed E-state index contributed by atoms with van der Waals surface area (Å²) in [5, 5.41) is 3.36. The van der Waals surface area contributed by atoms with Crippen LogP contribution in [0.25, 0.3) is 0 Å². The fourth-order valence-electron chi connectivity index (χ4n) is 2.86. The molecule has 4 heteroatoms. The van der Waals surface area contributed by atoms with Crippen LogP contribution in [0.1, 0.15) is 22.9 Å². The van der Waals surface area contributed by atoms with E-state index in [1.165, 1.54) is 6.07 Å². The van der Waals surface area contributed by atoms with Crippen molar-refractivity contribution in [1.29, 1.82) is 0 Å². The van der Waals surface area contributed by atoms with Crippen molar-refractivity contribution >= 4 is 0 Å². The molecule has 1 aromatic heterocycles. The van der Waals surface area contributed by atoms with Crippen molar-refractivity contribution in [2.75, 3.05) is 26.2 Å². The number of furan rings is 1. The Morgan fingerprint density at radius 2 is 2.05 bits per heavy atom. The molecule has 0 bridgehead atoms. The molecule has 3 nitrogen and oxygen atoms in total. The van der Waals surface area contributed by atoms with E-state index in [1.807, 2.05) is 25.1 Å². The predicted molar refractivity (Wildman–Crippen MR) is 76.1 cm³/mol. The maximum atomic E-state index is 13.3. The number of rotatable bonds is 3. The Kier molecular flexibility index (Phi) is 3.85. The molecule has 3 rings (SSSR count). The molecule has 0 saturated carbocycles. The Morgan fingerprint density at radius 1 is 1.25 bits per heavy atom. The second-order valence-electron chi connectivity index (χ2n) is 5.20. The van der Waals surface area contributed by atoms with Crippen molar-refractivity contribution in [3.8, 4) is 0 Å². The minimum atomic E-state index is -0.190. The molecule has 1 aliphatic heterocycles. The van der Waals surface area contributed by atoms with Gasteiger partial charge in [-0.15, -0.1) is 0 Å². The number of nitrogens with one attached hydrogen (secondary N) is 1. The van der Waals surface area contributed by atoms with E-state index >= 15 is 0 Å². The van der Waals surface area contributed by atoms with E-state index in [0.717, 1.165) is 43.1 Å². The zero-order valence-corrected chi connectivity index (χ0v) is 11.6. The van der Waals surface area contributed by atoms with Gasteiger partial charge in [0.2, 0.25) is 0 Å². The highest BCUT2D eigenvalue weighted by Crippen LogP contribution is 2.31. The monoisotopic (exact) mass is 274 g/mol. The van der Waals surface area contributed by atoms with Crippen molar-refractivity contribution in [3.63, 3.8) is 0 Å². The molecule has 1 fully saturated rings. The van der Waals surface area contributed by atoms with Crippen LogP contribution in [0.3, 0.4) is 0 Å². The van der Waals surface area contributed by atoms with Gasteiger partial charge in [-0.2, -0.15) is 0 Å². The quantitative estimate of drug-likeness (QED) is 0.933. The van der Waals surface area contributed by atoms with E-state index in [0.29, 0.717) is 0 Å². The van der Waals surface area contributed by atoms with Gasteiger partial charge in [0.1, 0.15) is 11.6 Å². The van der Waals surface area contributed by atoms with Crippen LogP contribution < -0.4 is 5.32 Å². The van der Waals surface area contributed by atoms with E-state index < -0.39 is 0 Å². The second kappa shape index (κ2) is 5.77. The number of hydrogen-bond donors (Lipinski definition) is 1. The number of piperazine rings is 1. The van der Waals surface area contributed by atoms with Gasteiger partial charge in [0.25, 0.3) is 0 Å². The number of hydrogen-bond acceptors (Lipinski definition) is 3. The van der Waals surface area contributed by atoms with Crippen molar-refractivity contribution in [2.24, 2.45) is 0 Å². The minimum Gasteiger partial charge on any atom is -0.467 e. The normalized spacial score (nSPS) is 18.1. The molecule has 0 spiro atoms. The van der Waals surface area contributed by atoms with E-state index in [2.05, 4.69) is 10.2 Å². The van der Waals surface area contributed by atoms with Gasteiger partial charge in [0.05, 0.1) is 12.3 Å². The SMILES string of the molecule is Cc1cc(F)ccc1[C@H](c1ccco1)N1CCNCC1. The molecule has 0 amide bonds. The van der Waals surface area contributed by atoms with Crippen LogP contribution in [0, 0.1) is 12.7 Å². The highest BCUT2D eigenvalue weighted by Gasteiger charge is 2.27. The summed E-state index contributed by atoms with van der Waals surface area (Å²) in [5.41, 5.74) is 2.08. The predicted octanol–water partition coefficient (Wildman–Crippen LogP) is 2.72. The lowest BCUT2D eigenvalue weighted by atomic mass is 9.97. The lowest BCUT2D eigenvalue weighted by Gasteiger charge is -2.34. The number of benzene rings is 1. The smallest absolute Gasteiger partial charge is 0.125 e. The lowest BCUT2D eigenvalue weighted by molar-refractivity contribution is 0.179. The van der Waals surface area contributed by atoms with Gasteiger partial charge in [0.15, 0.2) is 0 Å². The number of nitrogens with zero attached hydrogens (tertiary/aromatic N) is 1. The Morgan fingerprint density at radius 3 is 2.70 bits per heavy atom. The maximum absolute atomic E-state index is 13.3. The minimum absolute atomic E-state index is 0.0627. The highest BCUT2D eigenvalue weighted by atomic mass is 19.1. The summed E-state index contributed by atoms with van der Waals surface area (Å²) >= 11 is 0. The Balaban J connectivity index is 2.00. The molecule has 106 valence electrons. The zero-order chi connectivity index (χ0) is 13.9. The van der Waals surface area contributed by atoms with Gasteiger partial charge in [-0.3, -0.25) is 4.90 Å². The van der Waals surface area contributed by atoms with Crippen molar-refractivity contribution in [3.05, 3.63) is 59.3 Å². The van der Waals surface area contributed by atoms with E-state index in [1.54, 1.807) is 12.3 Å². The summed E-state index contributed by atoms with van der Waals surface area (Å²) < 4.78 is 19.0. The van der Waals surface area contributed by atoms with Gasteiger partial charge in [-0.25, -0.2) is 4.39 Å². The van der Waals surface area contributed by atoms with Gasteiger partial charge in [-0.1, -0.05) is 6.07 Å². The van der Waals surface area contributed by atoms with Gasteiger partial charge in [0, 0.05) is 26.2 Å². The van der Waals surface area contributed by atoms with Crippen LogP contribution in [-0.4, -0.2) is 31.1 Å². The summed E-state index contributed by atoms with van der Waals surface area (Å²) in [6.07, 6.45) is 1.70. The van der Waals surface area contributed by atoms with Crippen LogP contribution in [0.2, 0.25) is 0 Å². The molecule has 0 radical (unpaired) electrons. The van der Waals surface area contributed by atoms with Crippen LogP contribution in [0.15, 0.2) is 41.0 Å². The maximum Gasteiger partial charge on any atom is 0.125 e. The van der Waals surface area contributed by atoms with Crippen molar-refractivity contribution in [1.82, 2.24) is 10.2 Å². The molecule has 1 aromatic carbocycles. The van der Waals surface area contributed by atoms with Crippen molar-refractivity contribution < 1.29 is 8.81 Å². The highest BCUT2D eigenvalue weighted by molar-refractivity contribution is 5.34. The Hall–Kier alpha value is -1.65. The first kappa shape index (κ1) is 13.3. The average Bonchev–Trinajstić information content (AvgIpc) is 2.97. The largest absolute Gasteiger partial charge is 0.467 e. The molecular weight excluding hydrogens is 255 g/mol. The summed E-state index contributed by atoms with van der Waals surface area (Å²) in [6, 6.07) is 8.96.